The van der Waals surface area contributed by atoms with E-state index in [9.17, 15) is 14.9 Å². The molecule has 0 saturated carbocycles. The van der Waals surface area contributed by atoms with Crippen molar-refractivity contribution in [3.63, 3.8) is 0 Å². The van der Waals surface area contributed by atoms with Crippen LogP contribution in [0.2, 0.25) is 0 Å². The molecule has 0 fully saturated rings. The first kappa shape index (κ1) is 15.4. The Labute approximate surface area is 115 Å². The summed E-state index contributed by atoms with van der Waals surface area (Å²) in [6.07, 6.45) is 1.95. The maximum absolute atomic E-state index is 11.1. The summed E-state index contributed by atoms with van der Waals surface area (Å²) in [7, 11) is 0. The number of anilines is 1. The second-order valence-corrected chi connectivity index (χ2v) is 3.80. The summed E-state index contributed by atoms with van der Waals surface area (Å²) >= 11 is 0. The summed E-state index contributed by atoms with van der Waals surface area (Å²) in [4.78, 5) is 25.2. The molecule has 0 unspecified atom stereocenters. The average molecular weight is 278 g/mol. The van der Waals surface area contributed by atoms with E-state index in [-0.39, 0.29) is 29.5 Å². The zero-order chi connectivity index (χ0) is 15.0. The van der Waals surface area contributed by atoms with Gasteiger partial charge in [-0.15, -0.1) is 0 Å². The Morgan fingerprint density at radius 3 is 3.00 bits per heavy atom. The highest BCUT2D eigenvalue weighted by Gasteiger charge is 2.16. The fraction of sp³-hybridized carbons (Fsp3) is 0.417. The highest BCUT2D eigenvalue weighted by Crippen LogP contribution is 2.22. The SMILES string of the molecule is CCOC(=O)CCCNc1ncc(C#N)cc1[N+](=O)[O-]. The molecular formula is C12H14N4O4. The Morgan fingerprint density at radius 1 is 1.65 bits per heavy atom. The molecule has 1 N–H and O–H groups in total. The number of nitrogens with one attached hydrogen (secondary N) is 1. The van der Waals surface area contributed by atoms with Crippen molar-refractivity contribution in [2.24, 2.45) is 0 Å². The number of carbonyl (C=O) groups is 1. The topological polar surface area (TPSA) is 118 Å². The van der Waals surface area contributed by atoms with Gasteiger partial charge in [0.2, 0.25) is 5.82 Å². The zero-order valence-electron chi connectivity index (χ0n) is 11.0. The molecule has 8 heteroatoms. The van der Waals surface area contributed by atoms with Gasteiger partial charge >= 0.3 is 11.7 Å². The summed E-state index contributed by atoms with van der Waals surface area (Å²) in [6, 6.07) is 2.94. The molecule has 0 bridgehead atoms. The monoisotopic (exact) mass is 278 g/mol. The second-order valence-electron chi connectivity index (χ2n) is 3.80. The number of pyridine rings is 1. The Morgan fingerprint density at radius 2 is 2.40 bits per heavy atom. The third-order valence-corrected chi connectivity index (χ3v) is 2.35. The van der Waals surface area contributed by atoms with Crippen LogP contribution in [0.3, 0.4) is 0 Å². The number of nitriles is 1. The van der Waals surface area contributed by atoms with Crippen LogP contribution in [-0.4, -0.2) is 29.0 Å². The largest absolute Gasteiger partial charge is 0.466 e. The van der Waals surface area contributed by atoms with Gasteiger partial charge in [-0.05, 0) is 13.3 Å². The van der Waals surface area contributed by atoms with Gasteiger partial charge in [-0.25, -0.2) is 4.98 Å². The lowest BCUT2D eigenvalue weighted by molar-refractivity contribution is -0.384. The molecular weight excluding hydrogens is 264 g/mol. The minimum absolute atomic E-state index is 0.0814. The van der Waals surface area contributed by atoms with Crippen LogP contribution < -0.4 is 5.32 Å². The third kappa shape index (κ3) is 4.53. The number of nitrogens with zero attached hydrogens (tertiary/aromatic N) is 3. The fourth-order valence-corrected chi connectivity index (χ4v) is 1.46. The highest BCUT2D eigenvalue weighted by atomic mass is 16.6. The molecule has 0 amide bonds. The minimum atomic E-state index is -0.610. The van der Waals surface area contributed by atoms with Gasteiger partial charge < -0.3 is 10.1 Å². The second kappa shape index (κ2) is 7.68. The van der Waals surface area contributed by atoms with Crippen LogP contribution in [0, 0.1) is 21.4 Å². The van der Waals surface area contributed by atoms with Crippen molar-refractivity contribution in [2.75, 3.05) is 18.5 Å². The van der Waals surface area contributed by atoms with Crippen LogP contribution in [0.15, 0.2) is 12.3 Å². The van der Waals surface area contributed by atoms with Crippen LogP contribution in [0.25, 0.3) is 0 Å². The number of aromatic nitrogens is 1. The van der Waals surface area contributed by atoms with Crippen LogP contribution in [0.1, 0.15) is 25.3 Å². The molecule has 0 aliphatic heterocycles. The van der Waals surface area contributed by atoms with Crippen molar-refractivity contribution >= 4 is 17.5 Å². The molecule has 0 saturated heterocycles. The number of carbonyl (C=O) groups excluding carboxylic acids is 1. The first-order chi connectivity index (χ1) is 9.58. The Hall–Kier alpha value is -2.69. The van der Waals surface area contributed by atoms with E-state index in [0.29, 0.717) is 19.6 Å². The normalized spacial score (nSPS) is 9.60. The van der Waals surface area contributed by atoms with E-state index in [2.05, 4.69) is 10.3 Å². The van der Waals surface area contributed by atoms with E-state index in [1.54, 1.807) is 13.0 Å². The molecule has 1 rings (SSSR count). The van der Waals surface area contributed by atoms with E-state index in [4.69, 9.17) is 10.00 Å². The lowest BCUT2D eigenvalue weighted by Gasteiger charge is -2.06. The van der Waals surface area contributed by atoms with Crippen molar-refractivity contribution in [3.05, 3.63) is 27.9 Å². The molecule has 0 spiro atoms. The maximum atomic E-state index is 11.1. The molecule has 0 aliphatic rings. The summed E-state index contributed by atoms with van der Waals surface area (Å²) in [5.74, 6) is -0.227. The number of rotatable bonds is 7. The maximum Gasteiger partial charge on any atom is 0.312 e. The predicted molar refractivity (Wildman–Crippen MR) is 70.0 cm³/mol. The Balaban J connectivity index is 2.58. The van der Waals surface area contributed by atoms with Crippen molar-refractivity contribution in [3.8, 4) is 6.07 Å². The molecule has 1 aromatic rings. The van der Waals surface area contributed by atoms with E-state index >= 15 is 0 Å². The predicted octanol–water partition coefficient (Wildman–Crippen LogP) is 1.62. The minimum Gasteiger partial charge on any atom is -0.466 e. The van der Waals surface area contributed by atoms with Crippen molar-refractivity contribution in [1.29, 1.82) is 5.26 Å². The zero-order valence-corrected chi connectivity index (χ0v) is 11.0. The van der Waals surface area contributed by atoms with Crippen molar-refractivity contribution in [2.45, 2.75) is 19.8 Å². The summed E-state index contributed by atoms with van der Waals surface area (Å²) in [5, 5.41) is 22.3. The van der Waals surface area contributed by atoms with Gasteiger partial charge in [0.25, 0.3) is 0 Å². The van der Waals surface area contributed by atoms with E-state index in [1.165, 1.54) is 6.20 Å². The molecule has 20 heavy (non-hydrogen) atoms. The molecule has 0 radical (unpaired) electrons. The van der Waals surface area contributed by atoms with Crippen LogP contribution in [0.5, 0.6) is 0 Å². The number of nitro groups is 1. The van der Waals surface area contributed by atoms with Gasteiger partial charge in [0.15, 0.2) is 0 Å². The van der Waals surface area contributed by atoms with Crippen LogP contribution in [-0.2, 0) is 9.53 Å². The lowest BCUT2D eigenvalue weighted by Crippen LogP contribution is -2.10. The summed E-state index contributed by atoms with van der Waals surface area (Å²) < 4.78 is 4.76. The molecule has 0 atom stereocenters. The van der Waals surface area contributed by atoms with Gasteiger partial charge in [-0.1, -0.05) is 0 Å². The quantitative estimate of drug-likeness (QED) is 0.348. The molecule has 0 aliphatic carbocycles. The van der Waals surface area contributed by atoms with Crippen LogP contribution >= 0.6 is 0 Å². The van der Waals surface area contributed by atoms with Gasteiger partial charge in [0, 0.05) is 25.2 Å². The molecule has 106 valence electrons. The first-order valence-electron chi connectivity index (χ1n) is 6.02. The lowest BCUT2D eigenvalue weighted by atomic mass is 10.2. The number of hydrogen-bond donors (Lipinski definition) is 1. The van der Waals surface area contributed by atoms with Gasteiger partial charge in [0.1, 0.15) is 6.07 Å². The highest BCUT2D eigenvalue weighted by molar-refractivity contribution is 5.69. The Bertz CT molecular complexity index is 539. The molecule has 0 aromatic carbocycles. The van der Waals surface area contributed by atoms with Crippen molar-refractivity contribution in [1.82, 2.24) is 4.98 Å². The molecule has 1 heterocycles. The van der Waals surface area contributed by atoms with Crippen LogP contribution in [0.4, 0.5) is 11.5 Å². The Kier molecular flexibility index (Phi) is 5.90. The summed E-state index contributed by atoms with van der Waals surface area (Å²) in [6.45, 7) is 2.40. The fourth-order valence-electron chi connectivity index (χ4n) is 1.46. The summed E-state index contributed by atoms with van der Waals surface area (Å²) in [5.41, 5.74) is -0.144. The molecule has 1 aromatic heterocycles. The first-order valence-corrected chi connectivity index (χ1v) is 6.02. The van der Waals surface area contributed by atoms with E-state index in [0.717, 1.165) is 6.07 Å². The van der Waals surface area contributed by atoms with Crippen molar-refractivity contribution < 1.29 is 14.5 Å². The van der Waals surface area contributed by atoms with E-state index in [1.807, 2.05) is 0 Å². The van der Waals surface area contributed by atoms with Gasteiger partial charge in [0.05, 0.1) is 17.1 Å². The molecule has 8 nitrogen and oxygen atoms in total. The number of ether oxygens (including phenoxy) is 1. The van der Waals surface area contributed by atoms with Gasteiger partial charge in [-0.2, -0.15) is 5.26 Å². The smallest absolute Gasteiger partial charge is 0.312 e. The van der Waals surface area contributed by atoms with Gasteiger partial charge in [-0.3, -0.25) is 14.9 Å². The average Bonchev–Trinajstić information content (AvgIpc) is 2.43. The number of esters is 1. The van der Waals surface area contributed by atoms with E-state index < -0.39 is 4.92 Å². The standard InChI is InChI=1S/C12H14N4O4/c1-2-20-11(17)4-3-5-14-12-10(16(18)19)6-9(7-13)8-15-12/h6,8H,2-5H2,1H3,(H,14,15). The number of hydrogen-bond acceptors (Lipinski definition) is 7. The third-order valence-electron chi connectivity index (χ3n) is 2.35.